The number of nitriles is 1. The Morgan fingerprint density at radius 2 is 2.00 bits per heavy atom. The molecule has 2 saturated carbocycles. The summed E-state index contributed by atoms with van der Waals surface area (Å²) in [5.74, 6) is 1.23. The molecule has 0 N–H and O–H groups in total. The monoisotopic (exact) mass is 458 g/mol. The molecule has 2 fully saturated rings. The van der Waals surface area contributed by atoms with E-state index in [0.717, 1.165) is 45.3 Å². The lowest BCUT2D eigenvalue weighted by molar-refractivity contribution is -0.144. The first-order chi connectivity index (χ1) is 15.2. The molecule has 0 aliphatic heterocycles. The van der Waals surface area contributed by atoms with E-state index in [-0.39, 0.29) is 11.0 Å². The number of rotatable bonds is 5. The second-order valence-corrected chi connectivity index (χ2v) is 9.81. The van der Waals surface area contributed by atoms with Crippen molar-refractivity contribution in [1.82, 2.24) is 14.1 Å². The summed E-state index contributed by atoms with van der Waals surface area (Å²) in [6, 6.07) is 8.74. The van der Waals surface area contributed by atoms with Crippen molar-refractivity contribution in [1.29, 1.82) is 5.26 Å². The largest absolute Gasteiger partial charge is 0.431 e. The number of nitrogens with zero attached hydrogens (tertiary/aromatic N) is 4. The summed E-state index contributed by atoms with van der Waals surface area (Å²) >= 11 is 1.59. The minimum absolute atomic E-state index is 0.0453. The van der Waals surface area contributed by atoms with Crippen molar-refractivity contribution in [3.63, 3.8) is 0 Å². The van der Waals surface area contributed by atoms with Crippen LogP contribution in [0.4, 0.5) is 13.2 Å². The number of benzene rings is 1. The van der Waals surface area contributed by atoms with E-state index in [0.29, 0.717) is 18.7 Å². The molecule has 166 valence electrons. The quantitative estimate of drug-likeness (QED) is 0.479. The number of halogens is 3. The van der Waals surface area contributed by atoms with Crippen molar-refractivity contribution >= 4 is 22.8 Å². The molecule has 0 unspecified atom stereocenters. The van der Waals surface area contributed by atoms with Gasteiger partial charge < -0.3 is 4.57 Å². The van der Waals surface area contributed by atoms with E-state index < -0.39 is 28.9 Å². The predicted octanol–water partition coefficient (Wildman–Crippen LogP) is 5.42. The fraction of sp³-hybridized carbons (Fsp3) is 0.435. The topological polar surface area (TPSA) is 63.6 Å². The first kappa shape index (κ1) is 21.1. The number of alkyl halides is 3. The second-order valence-electron chi connectivity index (χ2n) is 8.50. The number of pyridine rings is 1. The smallest absolute Gasteiger partial charge is 0.323 e. The summed E-state index contributed by atoms with van der Waals surface area (Å²) in [5, 5.41) is 9.55. The van der Waals surface area contributed by atoms with Gasteiger partial charge >= 0.3 is 6.18 Å². The van der Waals surface area contributed by atoms with Crippen LogP contribution in [0.1, 0.15) is 49.9 Å². The summed E-state index contributed by atoms with van der Waals surface area (Å²) in [6.45, 7) is 2.01. The molecular formula is C23H21F3N4OS. The molecule has 2 aliphatic rings. The average Bonchev–Trinajstić information content (AvgIpc) is 3.66. The molecule has 2 heterocycles. The lowest BCUT2D eigenvalue weighted by atomic mass is 9.96. The summed E-state index contributed by atoms with van der Waals surface area (Å²) < 4.78 is 43.6. The molecule has 0 saturated heterocycles. The Morgan fingerprint density at radius 3 is 2.56 bits per heavy atom. The van der Waals surface area contributed by atoms with Crippen LogP contribution in [0.5, 0.6) is 0 Å². The molecule has 0 atom stereocenters. The maximum Gasteiger partial charge on any atom is 0.431 e. The Kier molecular flexibility index (Phi) is 4.71. The molecule has 32 heavy (non-hydrogen) atoms. The number of hydrogen-bond acceptors (Lipinski definition) is 4. The molecule has 2 aromatic heterocycles. The van der Waals surface area contributed by atoms with Crippen LogP contribution >= 0.6 is 11.8 Å². The van der Waals surface area contributed by atoms with Gasteiger partial charge in [-0.3, -0.25) is 9.36 Å². The predicted molar refractivity (Wildman–Crippen MR) is 117 cm³/mol. The second kappa shape index (κ2) is 7.14. The average molecular weight is 459 g/mol. The normalized spacial score (nSPS) is 17.5. The molecule has 0 amide bonds. The lowest BCUT2D eigenvalue weighted by Crippen LogP contribution is -2.28. The van der Waals surface area contributed by atoms with Crippen LogP contribution in [-0.2, 0) is 18.6 Å². The molecule has 0 spiro atoms. The summed E-state index contributed by atoms with van der Waals surface area (Å²) in [5.41, 5.74) is -0.108. The molecule has 5 nitrogen and oxygen atoms in total. The first-order valence-electron chi connectivity index (χ1n) is 10.6. The molecule has 1 aromatic carbocycles. The van der Waals surface area contributed by atoms with Crippen LogP contribution in [0, 0.1) is 11.3 Å². The van der Waals surface area contributed by atoms with Gasteiger partial charge in [0, 0.05) is 23.5 Å². The Labute approximate surface area is 186 Å². The zero-order chi connectivity index (χ0) is 22.8. The van der Waals surface area contributed by atoms with E-state index in [1.807, 2.05) is 25.1 Å². The molecular weight excluding hydrogens is 437 g/mol. The van der Waals surface area contributed by atoms with Crippen LogP contribution in [0.15, 0.2) is 34.0 Å². The maximum atomic E-state index is 13.7. The third kappa shape index (κ3) is 3.24. The van der Waals surface area contributed by atoms with Crippen LogP contribution in [0.2, 0.25) is 0 Å². The van der Waals surface area contributed by atoms with E-state index in [9.17, 15) is 23.2 Å². The van der Waals surface area contributed by atoms with Gasteiger partial charge in [0.2, 0.25) is 0 Å². The Morgan fingerprint density at radius 1 is 1.28 bits per heavy atom. The van der Waals surface area contributed by atoms with E-state index in [4.69, 9.17) is 0 Å². The summed E-state index contributed by atoms with van der Waals surface area (Å²) in [6.07, 6.45) is -1.84. The first-order valence-corrected chi connectivity index (χ1v) is 11.6. The lowest BCUT2D eigenvalue weighted by Gasteiger charge is -2.15. The van der Waals surface area contributed by atoms with Gasteiger partial charge in [-0.05, 0) is 55.2 Å². The molecule has 9 heteroatoms. The van der Waals surface area contributed by atoms with Crippen LogP contribution in [-0.4, -0.2) is 19.9 Å². The Balaban J connectivity index is 1.72. The zero-order valence-corrected chi connectivity index (χ0v) is 18.5. The molecule has 0 bridgehead atoms. The highest BCUT2D eigenvalue weighted by Gasteiger charge is 2.45. The van der Waals surface area contributed by atoms with E-state index in [1.165, 1.54) is 0 Å². The summed E-state index contributed by atoms with van der Waals surface area (Å²) in [4.78, 5) is 18.5. The maximum absolute atomic E-state index is 13.7. The van der Waals surface area contributed by atoms with Gasteiger partial charge in [-0.25, -0.2) is 4.98 Å². The fourth-order valence-electron chi connectivity index (χ4n) is 4.32. The Bertz CT molecular complexity index is 1340. The van der Waals surface area contributed by atoms with Crippen molar-refractivity contribution in [3.8, 4) is 17.5 Å². The number of thioether (sulfide) groups is 1. The number of imidazole rings is 1. The van der Waals surface area contributed by atoms with Crippen molar-refractivity contribution < 1.29 is 13.2 Å². The van der Waals surface area contributed by atoms with Crippen LogP contribution < -0.4 is 5.56 Å². The van der Waals surface area contributed by atoms with Gasteiger partial charge in [0.05, 0.1) is 17.0 Å². The highest BCUT2D eigenvalue weighted by molar-refractivity contribution is 7.99. The van der Waals surface area contributed by atoms with Gasteiger partial charge in [-0.2, -0.15) is 18.4 Å². The van der Waals surface area contributed by atoms with Crippen LogP contribution in [0.25, 0.3) is 22.4 Å². The van der Waals surface area contributed by atoms with E-state index >= 15 is 0 Å². The van der Waals surface area contributed by atoms with Gasteiger partial charge in [0.25, 0.3) is 5.56 Å². The van der Waals surface area contributed by atoms with E-state index in [2.05, 4.69) is 11.1 Å². The fourth-order valence-corrected chi connectivity index (χ4v) is 5.16. The summed E-state index contributed by atoms with van der Waals surface area (Å²) in [7, 11) is 1.67. The third-order valence-corrected chi connectivity index (χ3v) is 7.26. The van der Waals surface area contributed by atoms with Crippen molar-refractivity contribution in [2.45, 2.75) is 55.1 Å². The number of aryl methyl sites for hydroxylation is 1. The number of aromatic nitrogens is 3. The minimum Gasteiger partial charge on any atom is -0.323 e. The van der Waals surface area contributed by atoms with Gasteiger partial charge in [-0.15, -0.1) is 11.8 Å². The zero-order valence-electron chi connectivity index (χ0n) is 17.7. The van der Waals surface area contributed by atoms with Gasteiger partial charge in [0.1, 0.15) is 17.0 Å². The van der Waals surface area contributed by atoms with Crippen molar-refractivity contribution in [2.24, 2.45) is 7.05 Å². The highest BCUT2D eigenvalue weighted by atomic mass is 32.2. The minimum atomic E-state index is -4.63. The standard InChI is InChI=1S/C23H21F3N4OS/c1-3-32-17-10-13(22(12-27)8-9-22)4-7-15(17)20-28-16-11-18(23(24,25)26)30(14-5-6-14)21(31)19(16)29(20)2/h4,7,10-11,14H,3,5-6,8-9H2,1-2H3. The van der Waals surface area contributed by atoms with Crippen molar-refractivity contribution in [3.05, 3.63) is 45.9 Å². The molecule has 2 aliphatic carbocycles. The van der Waals surface area contributed by atoms with Crippen molar-refractivity contribution in [2.75, 3.05) is 5.75 Å². The third-order valence-electron chi connectivity index (χ3n) is 6.32. The molecule has 5 rings (SSSR count). The Hall–Kier alpha value is -2.73. The van der Waals surface area contributed by atoms with Gasteiger partial charge in [0.15, 0.2) is 0 Å². The van der Waals surface area contributed by atoms with Gasteiger partial charge in [-0.1, -0.05) is 13.0 Å². The SMILES string of the molecule is CCSc1cc(C2(C#N)CC2)ccc1-c1nc2cc(C(F)(F)F)n(C3CC3)c(=O)c2n1C. The van der Waals surface area contributed by atoms with E-state index in [1.54, 1.807) is 23.4 Å². The highest BCUT2D eigenvalue weighted by Crippen LogP contribution is 2.49. The molecule has 0 radical (unpaired) electrons. The van der Waals surface area contributed by atoms with Crippen LogP contribution in [0.3, 0.4) is 0 Å². The number of fused-ring (bicyclic) bond motifs is 1. The number of hydrogen-bond donors (Lipinski definition) is 0. The molecule has 3 aromatic rings.